The monoisotopic (exact) mass is 220 g/mol. The van der Waals surface area contributed by atoms with Crippen molar-refractivity contribution in [2.75, 3.05) is 0 Å². The number of ketones is 1. The van der Waals surface area contributed by atoms with E-state index in [0.717, 1.165) is 5.56 Å². The summed E-state index contributed by atoms with van der Waals surface area (Å²) in [6.07, 6.45) is 2.91. The fraction of sp³-hybridized carbons (Fsp3) is 0.0833. The van der Waals surface area contributed by atoms with E-state index in [1.54, 1.807) is 24.3 Å². The Balaban J connectivity index is 2.47. The number of halogens is 1. The van der Waals surface area contributed by atoms with Gasteiger partial charge in [-0.05, 0) is 24.6 Å². The van der Waals surface area contributed by atoms with E-state index in [2.05, 4.69) is 0 Å². The maximum absolute atomic E-state index is 12.0. The van der Waals surface area contributed by atoms with E-state index in [1.165, 1.54) is 12.5 Å². The molecule has 2 nitrogen and oxygen atoms in total. The molecule has 0 saturated heterocycles. The second kappa shape index (κ2) is 3.91. The van der Waals surface area contributed by atoms with Crippen LogP contribution in [0.25, 0.3) is 0 Å². The summed E-state index contributed by atoms with van der Waals surface area (Å²) in [4.78, 5) is 12.0. The molecule has 0 aliphatic rings. The van der Waals surface area contributed by atoms with Crippen molar-refractivity contribution in [2.24, 2.45) is 0 Å². The molecule has 3 heteroatoms. The molecular formula is C12H9ClO2. The lowest BCUT2D eigenvalue weighted by molar-refractivity contribution is 0.103. The molecule has 76 valence electrons. The highest BCUT2D eigenvalue weighted by Gasteiger charge is 2.13. The molecule has 1 heterocycles. The summed E-state index contributed by atoms with van der Waals surface area (Å²) in [5, 5.41) is 0.601. The summed E-state index contributed by atoms with van der Waals surface area (Å²) in [6.45, 7) is 1.83. The molecule has 1 aromatic carbocycles. The predicted octanol–water partition coefficient (Wildman–Crippen LogP) is 3.47. The normalized spacial score (nSPS) is 10.3. The summed E-state index contributed by atoms with van der Waals surface area (Å²) in [5.74, 6) is -0.0660. The van der Waals surface area contributed by atoms with Crippen molar-refractivity contribution >= 4 is 17.4 Å². The number of hydrogen-bond donors (Lipinski definition) is 0. The predicted molar refractivity (Wildman–Crippen MR) is 58.3 cm³/mol. The van der Waals surface area contributed by atoms with Gasteiger partial charge in [-0.25, -0.2) is 0 Å². The van der Waals surface area contributed by atoms with E-state index < -0.39 is 0 Å². The van der Waals surface area contributed by atoms with Gasteiger partial charge >= 0.3 is 0 Å². The van der Waals surface area contributed by atoms with Crippen molar-refractivity contribution in [1.82, 2.24) is 0 Å². The number of benzene rings is 1. The second-order valence-electron chi connectivity index (χ2n) is 3.25. The van der Waals surface area contributed by atoms with E-state index in [-0.39, 0.29) is 5.78 Å². The van der Waals surface area contributed by atoms with Gasteiger partial charge in [0.2, 0.25) is 0 Å². The van der Waals surface area contributed by atoms with Gasteiger partial charge in [-0.1, -0.05) is 23.7 Å². The van der Waals surface area contributed by atoms with Crippen LogP contribution in [-0.4, -0.2) is 5.78 Å². The molecule has 2 aromatic rings. The van der Waals surface area contributed by atoms with E-state index in [4.69, 9.17) is 16.0 Å². The Bertz CT molecular complexity index is 486. The Kier molecular flexibility index (Phi) is 2.60. The Hall–Kier alpha value is -1.54. The first-order valence-electron chi connectivity index (χ1n) is 4.52. The lowest BCUT2D eigenvalue weighted by Gasteiger charge is -2.04. The zero-order valence-electron chi connectivity index (χ0n) is 8.16. The molecule has 1 aromatic heterocycles. The summed E-state index contributed by atoms with van der Waals surface area (Å²) in [6, 6.07) is 6.94. The molecule has 0 fully saturated rings. The highest BCUT2D eigenvalue weighted by atomic mass is 35.5. The number of carbonyl (C=O) groups is 1. The number of carbonyl (C=O) groups excluding carboxylic acids is 1. The summed E-state index contributed by atoms with van der Waals surface area (Å²) >= 11 is 5.94. The number of furan rings is 1. The second-order valence-corrected chi connectivity index (χ2v) is 3.66. The van der Waals surface area contributed by atoms with Crippen LogP contribution in [-0.2, 0) is 0 Å². The minimum absolute atomic E-state index is 0.0660. The van der Waals surface area contributed by atoms with Gasteiger partial charge in [0.25, 0.3) is 0 Å². The smallest absolute Gasteiger partial charge is 0.196 e. The zero-order chi connectivity index (χ0) is 10.8. The number of hydrogen-bond acceptors (Lipinski definition) is 2. The quantitative estimate of drug-likeness (QED) is 0.726. The van der Waals surface area contributed by atoms with E-state index in [0.29, 0.717) is 16.1 Å². The van der Waals surface area contributed by atoms with Gasteiger partial charge in [0.1, 0.15) is 6.26 Å². The number of rotatable bonds is 2. The van der Waals surface area contributed by atoms with Crippen molar-refractivity contribution in [3.05, 3.63) is 58.5 Å². The van der Waals surface area contributed by atoms with Crippen molar-refractivity contribution < 1.29 is 9.21 Å². The largest absolute Gasteiger partial charge is 0.472 e. The fourth-order valence-electron chi connectivity index (χ4n) is 1.40. The molecular weight excluding hydrogens is 212 g/mol. The Labute approximate surface area is 92.5 Å². The van der Waals surface area contributed by atoms with E-state index >= 15 is 0 Å². The van der Waals surface area contributed by atoms with Crippen LogP contribution in [0.15, 0.2) is 41.2 Å². The first-order chi connectivity index (χ1) is 7.20. The van der Waals surface area contributed by atoms with Crippen LogP contribution < -0.4 is 0 Å². The maximum atomic E-state index is 12.0. The van der Waals surface area contributed by atoms with Crippen LogP contribution in [0.1, 0.15) is 21.5 Å². The van der Waals surface area contributed by atoms with Crippen LogP contribution in [0, 0.1) is 6.92 Å². The molecule has 2 rings (SSSR count). The molecule has 0 spiro atoms. The van der Waals surface area contributed by atoms with Gasteiger partial charge < -0.3 is 4.42 Å². The van der Waals surface area contributed by atoms with Crippen LogP contribution >= 0.6 is 11.6 Å². The Morgan fingerprint density at radius 1 is 1.33 bits per heavy atom. The summed E-state index contributed by atoms with van der Waals surface area (Å²) < 4.78 is 4.87. The van der Waals surface area contributed by atoms with Crippen LogP contribution in [0.4, 0.5) is 0 Å². The molecule has 0 atom stereocenters. The topological polar surface area (TPSA) is 30.2 Å². The van der Waals surface area contributed by atoms with E-state index in [1.807, 2.05) is 6.92 Å². The molecule has 0 aliphatic heterocycles. The molecule has 0 aliphatic carbocycles. The van der Waals surface area contributed by atoms with Crippen molar-refractivity contribution in [3.63, 3.8) is 0 Å². The third kappa shape index (κ3) is 1.81. The first-order valence-corrected chi connectivity index (χ1v) is 4.90. The van der Waals surface area contributed by atoms with Crippen LogP contribution in [0.3, 0.4) is 0 Å². The first kappa shape index (κ1) is 9.99. The van der Waals surface area contributed by atoms with Crippen molar-refractivity contribution in [3.8, 4) is 0 Å². The van der Waals surface area contributed by atoms with Gasteiger partial charge in [-0.15, -0.1) is 0 Å². The minimum Gasteiger partial charge on any atom is -0.472 e. The highest BCUT2D eigenvalue weighted by molar-refractivity contribution is 6.32. The minimum atomic E-state index is -0.0660. The van der Waals surface area contributed by atoms with Crippen molar-refractivity contribution in [1.29, 1.82) is 0 Å². The Morgan fingerprint density at radius 2 is 2.13 bits per heavy atom. The summed E-state index contributed by atoms with van der Waals surface area (Å²) in [7, 11) is 0. The third-order valence-corrected chi connectivity index (χ3v) is 2.71. The van der Waals surface area contributed by atoms with Gasteiger partial charge in [0, 0.05) is 10.6 Å². The standard InChI is InChI=1S/C12H9ClO2/c1-8-10(3-2-4-11(8)13)12(14)9-5-6-15-7-9/h2-7H,1H3. The van der Waals surface area contributed by atoms with Crippen LogP contribution in [0.5, 0.6) is 0 Å². The lowest BCUT2D eigenvalue weighted by atomic mass is 10.0. The zero-order valence-corrected chi connectivity index (χ0v) is 8.91. The fourth-order valence-corrected chi connectivity index (χ4v) is 1.58. The van der Waals surface area contributed by atoms with Gasteiger partial charge in [0.05, 0.1) is 11.8 Å². The SMILES string of the molecule is Cc1c(Cl)cccc1C(=O)c1ccoc1. The molecule has 0 saturated carbocycles. The average Bonchev–Trinajstić information content (AvgIpc) is 2.74. The van der Waals surface area contributed by atoms with Gasteiger partial charge in [-0.2, -0.15) is 0 Å². The third-order valence-electron chi connectivity index (χ3n) is 2.30. The molecule has 0 bridgehead atoms. The van der Waals surface area contributed by atoms with Crippen LogP contribution in [0.2, 0.25) is 5.02 Å². The molecule has 0 unspecified atom stereocenters. The molecule has 0 amide bonds. The molecule has 0 N–H and O–H groups in total. The van der Waals surface area contributed by atoms with Crippen molar-refractivity contribution in [2.45, 2.75) is 6.92 Å². The maximum Gasteiger partial charge on any atom is 0.196 e. The molecule has 0 radical (unpaired) electrons. The van der Waals surface area contributed by atoms with Gasteiger partial charge in [0.15, 0.2) is 5.78 Å². The highest BCUT2D eigenvalue weighted by Crippen LogP contribution is 2.21. The molecule has 15 heavy (non-hydrogen) atoms. The van der Waals surface area contributed by atoms with E-state index in [9.17, 15) is 4.79 Å². The Morgan fingerprint density at radius 3 is 2.80 bits per heavy atom. The summed E-state index contributed by atoms with van der Waals surface area (Å²) in [5.41, 5.74) is 1.95. The average molecular weight is 221 g/mol. The lowest BCUT2D eigenvalue weighted by Crippen LogP contribution is -2.02. The van der Waals surface area contributed by atoms with Gasteiger partial charge in [-0.3, -0.25) is 4.79 Å².